The molecule has 22 heavy (non-hydrogen) atoms. The van der Waals surface area contributed by atoms with Gasteiger partial charge in [-0.25, -0.2) is 0 Å². The number of hydrogen-bond acceptors (Lipinski definition) is 4. The van der Waals surface area contributed by atoms with Crippen LogP contribution in [0.1, 0.15) is 18.4 Å². The summed E-state index contributed by atoms with van der Waals surface area (Å²) in [6, 6.07) is 5.94. The van der Waals surface area contributed by atoms with E-state index in [2.05, 4.69) is 22.9 Å². The first-order valence-corrected chi connectivity index (χ1v) is 7.58. The summed E-state index contributed by atoms with van der Waals surface area (Å²) in [4.78, 5) is 18.3. The van der Waals surface area contributed by atoms with Gasteiger partial charge in [0.2, 0.25) is 5.91 Å². The van der Waals surface area contributed by atoms with Gasteiger partial charge in [-0.05, 0) is 31.4 Å². The van der Waals surface area contributed by atoms with Crippen LogP contribution in [0.5, 0.6) is 5.75 Å². The lowest BCUT2D eigenvalue weighted by Crippen LogP contribution is -2.41. The molecule has 0 bridgehead atoms. The fraction of sp³-hybridized carbons (Fsp3) is 0.412. The van der Waals surface area contributed by atoms with Crippen molar-refractivity contribution in [3.8, 4) is 5.75 Å². The van der Waals surface area contributed by atoms with Gasteiger partial charge in [0.15, 0.2) is 0 Å². The summed E-state index contributed by atoms with van der Waals surface area (Å²) >= 11 is 0. The molecule has 2 aromatic rings. The molecule has 0 saturated carbocycles. The zero-order valence-corrected chi connectivity index (χ0v) is 13.0. The molecule has 1 fully saturated rings. The number of rotatable bonds is 3. The van der Waals surface area contributed by atoms with Crippen molar-refractivity contribution in [2.45, 2.75) is 19.8 Å². The number of aryl methyl sites for hydroxylation is 1. The monoisotopic (exact) mass is 299 g/mol. The molecule has 1 atom stereocenters. The average molecular weight is 299 g/mol. The van der Waals surface area contributed by atoms with Crippen LogP contribution in [0, 0.1) is 12.8 Å². The number of amides is 1. The van der Waals surface area contributed by atoms with Crippen LogP contribution >= 0.6 is 0 Å². The van der Waals surface area contributed by atoms with E-state index in [-0.39, 0.29) is 11.8 Å². The van der Waals surface area contributed by atoms with Gasteiger partial charge in [0.05, 0.1) is 18.7 Å². The second kappa shape index (κ2) is 5.83. The van der Waals surface area contributed by atoms with Crippen LogP contribution in [0.2, 0.25) is 0 Å². The summed E-state index contributed by atoms with van der Waals surface area (Å²) in [5, 5.41) is 1.06. The second-order valence-electron chi connectivity index (χ2n) is 5.83. The molecule has 3 rings (SSSR count). The number of aromatic nitrogens is 1. The van der Waals surface area contributed by atoms with Crippen molar-refractivity contribution in [2.24, 2.45) is 11.7 Å². The van der Waals surface area contributed by atoms with Crippen LogP contribution in [0.3, 0.4) is 0 Å². The Hall–Kier alpha value is -2.30. The van der Waals surface area contributed by atoms with E-state index in [0.29, 0.717) is 6.54 Å². The molecular weight excluding hydrogens is 278 g/mol. The lowest BCUT2D eigenvalue weighted by molar-refractivity contribution is -0.122. The number of carbonyl (C=O) groups excluding carboxylic acids is 1. The molecular formula is C17H21N3O2. The van der Waals surface area contributed by atoms with Gasteiger partial charge < -0.3 is 15.4 Å². The van der Waals surface area contributed by atoms with Crippen molar-refractivity contribution in [1.29, 1.82) is 0 Å². The third-order valence-electron chi connectivity index (χ3n) is 4.37. The number of fused-ring (bicyclic) bond motifs is 1. The quantitative estimate of drug-likeness (QED) is 0.944. The van der Waals surface area contributed by atoms with Crippen LogP contribution in [0.15, 0.2) is 24.4 Å². The molecule has 1 aromatic carbocycles. The van der Waals surface area contributed by atoms with Gasteiger partial charge in [0.25, 0.3) is 0 Å². The van der Waals surface area contributed by atoms with Crippen LogP contribution in [0.4, 0.5) is 5.69 Å². The zero-order valence-electron chi connectivity index (χ0n) is 13.0. The highest BCUT2D eigenvalue weighted by molar-refractivity contribution is 5.96. The number of piperidine rings is 1. The van der Waals surface area contributed by atoms with Gasteiger partial charge in [-0.1, -0.05) is 12.1 Å². The number of nitrogens with zero attached hydrogens (tertiary/aromatic N) is 2. The van der Waals surface area contributed by atoms with Gasteiger partial charge in [0, 0.05) is 24.7 Å². The number of anilines is 1. The first-order chi connectivity index (χ1) is 10.6. The van der Waals surface area contributed by atoms with E-state index in [1.807, 2.05) is 18.3 Å². The summed E-state index contributed by atoms with van der Waals surface area (Å²) < 4.78 is 5.41. The van der Waals surface area contributed by atoms with Gasteiger partial charge >= 0.3 is 0 Å². The Bertz CT molecular complexity index is 714. The molecule has 0 radical (unpaired) electrons. The third kappa shape index (κ3) is 2.47. The molecule has 0 aliphatic carbocycles. The van der Waals surface area contributed by atoms with Crippen molar-refractivity contribution < 1.29 is 9.53 Å². The lowest BCUT2D eigenvalue weighted by Gasteiger charge is -2.34. The van der Waals surface area contributed by atoms with Gasteiger partial charge in [0.1, 0.15) is 11.3 Å². The van der Waals surface area contributed by atoms with E-state index in [1.165, 1.54) is 0 Å². The normalized spacial score (nSPS) is 18.5. The number of primary amides is 1. The van der Waals surface area contributed by atoms with Crippen molar-refractivity contribution >= 4 is 22.5 Å². The molecule has 1 aromatic heterocycles. The number of carbonyl (C=O) groups is 1. The predicted octanol–water partition coefficient (Wildman–Crippen LogP) is 2.25. The molecule has 0 unspecified atom stereocenters. The highest BCUT2D eigenvalue weighted by Crippen LogP contribution is 2.35. The molecule has 116 valence electrons. The first kappa shape index (κ1) is 14.6. The molecule has 2 N–H and O–H groups in total. The van der Waals surface area contributed by atoms with Gasteiger partial charge in [-0.3, -0.25) is 9.78 Å². The molecule has 0 spiro atoms. The Labute approximate surface area is 130 Å². The topological polar surface area (TPSA) is 68.5 Å². The van der Waals surface area contributed by atoms with E-state index in [1.54, 1.807) is 7.11 Å². The summed E-state index contributed by atoms with van der Waals surface area (Å²) in [6.45, 7) is 3.66. The van der Waals surface area contributed by atoms with Crippen molar-refractivity contribution in [3.05, 3.63) is 30.0 Å². The smallest absolute Gasteiger partial charge is 0.222 e. The third-order valence-corrected chi connectivity index (χ3v) is 4.37. The maximum absolute atomic E-state index is 11.5. The Morgan fingerprint density at radius 1 is 1.45 bits per heavy atom. The van der Waals surface area contributed by atoms with Crippen LogP contribution in [-0.4, -0.2) is 31.1 Å². The average Bonchev–Trinajstić information content (AvgIpc) is 2.54. The van der Waals surface area contributed by atoms with Gasteiger partial charge in [-0.15, -0.1) is 0 Å². The molecule has 1 aliphatic rings. The van der Waals surface area contributed by atoms with Crippen molar-refractivity contribution in [3.63, 3.8) is 0 Å². The minimum Gasteiger partial charge on any atom is -0.494 e. The Morgan fingerprint density at radius 2 is 2.27 bits per heavy atom. The first-order valence-electron chi connectivity index (χ1n) is 7.58. The standard InChI is InChI=1S/C17H21N3O2/c1-11-9-19-15-13(6-3-7-14(15)22-2)16(11)20-8-4-5-12(10-20)17(18)21/h3,6-7,9,12H,4-5,8,10H2,1-2H3,(H2,18,21)/t12-/m1/s1. The van der Waals surface area contributed by atoms with E-state index in [9.17, 15) is 4.79 Å². The summed E-state index contributed by atoms with van der Waals surface area (Å²) in [6.07, 6.45) is 3.71. The number of hydrogen-bond donors (Lipinski definition) is 1. The Balaban J connectivity index is 2.09. The lowest BCUT2D eigenvalue weighted by atomic mass is 9.96. The maximum Gasteiger partial charge on any atom is 0.222 e. The Morgan fingerprint density at radius 3 is 3.00 bits per heavy atom. The minimum atomic E-state index is -0.210. The SMILES string of the molecule is COc1cccc2c(N3CCC[C@@H](C(N)=O)C3)c(C)cnc12. The van der Waals surface area contributed by atoms with Crippen LogP contribution in [-0.2, 0) is 4.79 Å². The second-order valence-corrected chi connectivity index (χ2v) is 5.83. The molecule has 1 amide bonds. The zero-order chi connectivity index (χ0) is 15.7. The highest BCUT2D eigenvalue weighted by atomic mass is 16.5. The van der Waals surface area contributed by atoms with Crippen molar-refractivity contribution in [1.82, 2.24) is 4.98 Å². The van der Waals surface area contributed by atoms with E-state index in [4.69, 9.17) is 10.5 Å². The fourth-order valence-electron chi connectivity index (χ4n) is 3.28. The van der Waals surface area contributed by atoms with E-state index < -0.39 is 0 Å². The molecule has 1 aliphatic heterocycles. The Kier molecular flexibility index (Phi) is 3.88. The van der Waals surface area contributed by atoms with Crippen LogP contribution in [0.25, 0.3) is 10.9 Å². The number of pyridine rings is 1. The highest BCUT2D eigenvalue weighted by Gasteiger charge is 2.26. The predicted molar refractivity (Wildman–Crippen MR) is 87.2 cm³/mol. The minimum absolute atomic E-state index is 0.0815. The number of para-hydroxylation sites is 1. The summed E-state index contributed by atoms with van der Waals surface area (Å²) in [7, 11) is 1.65. The molecule has 5 nitrogen and oxygen atoms in total. The number of methoxy groups -OCH3 is 1. The summed E-state index contributed by atoms with van der Waals surface area (Å²) in [5.74, 6) is 0.475. The number of nitrogens with two attached hydrogens (primary N) is 1. The maximum atomic E-state index is 11.5. The largest absolute Gasteiger partial charge is 0.494 e. The van der Waals surface area contributed by atoms with Gasteiger partial charge in [-0.2, -0.15) is 0 Å². The van der Waals surface area contributed by atoms with E-state index >= 15 is 0 Å². The van der Waals surface area contributed by atoms with Crippen molar-refractivity contribution in [2.75, 3.05) is 25.1 Å². The molecule has 5 heteroatoms. The molecule has 1 saturated heterocycles. The fourth-order valence-corrected chi connectivity index (χ4v) is 3.28. The summed E-state index contributed by atoms with van der Waals surface area (Å²) in [5.41, 5.74) is 8.60. The number of benzene rings is 1. The van der Waals surface area contributed by atoms with E-state index in [0.717, 1.165) is 47.3 Å². The molecule has 2 heterocycles. The number of ether oxygens (including phenoxy) is 1. The van der Waals surface area contributed by atoms with Crippen LogP contribution < -0.4 is 15.4 Å².